The van der Waals surface area contributed by atoms with Crippen molar-refractivity contribution in [3.05, 3.63) is 71.8 Å². The van der Waals surface area contributed by atoms with Gasteiger partial charge in [-0.25, -0.2) is 4.79 Å². The summed E-state index contributed by atoms with van der Waals surface area (Å²) in [4.78, 5) is 14.5. The van der Waals surface area contributed by atoms with Crippen molar-refractivity contribution in [2.75, 3.05) is 19.6 Å². The minimum Gasteiger partial charge on any atom is -0.445 e. The van der Waals surface area contributed by atoms with E-state index in [9.17, 15) is 15.0 Å². The van der Waals surface area contributed by atoms with Gasteiger partial charge in [-0.3, -0.25) is 0 Å². The molecule has 1 amide bonds. The Labute approximate surface area is 165 Å². The van der Waals surface area contributed by atoms with E-state index in [-0.39, 0.29) is 12.7 Å². The van der Waals surface area contributed by atoms with E-state index in [2.05, 4.69) is 10.2 Å². The van der Waals surface area contributed by atoms with Crippen molar-refractivity contribution in [1.82, 2.24) is 10.2 Å². The molecule has 150 valence electrons. The van der Waals surface area contributed by atoms with Crippen molar-refractivity contribution in [3.8, 4) is 0 Å². The van der Waals surface area contributed by atoms with E-state index < -0.39 is 18.2 Å². The molecule has 3 N–H and O–H groups in total. The molecule has 2 aromatic carbocycles. The van der Waals surface area contributed by atoms with Crippen LogP contribution in [0.1, 0.15) is 30.1 Å². The van der Waals surface area contributed by atoms with Gasteiger partial charge in [0.25, 0.3) is 0 Å². The number of benzene rings is 2. The predicted octanol–water partition coefficient (Wildman–Crippen LogP) is 2.47. The highest BCUT2D eigenvalue weighted by molar-refractivity contribution is 5.67. The fourth-order valence-electron chi connectivity index (χ4n) is 3.40. The third-order valence-corrected chi connectivity index (χ3v) is 5.05. The molecule has 0 aliphatic carbocycles. The van der Waals surface area contributed by atoms with Crippen LogP contribution in [-0.4, -0.2) is 53.0 Å². The zero-order chi connectivity index (χ0) is 19.8. The van der Waals surface area contributed by atoms with Crippen LogP contribution in [-0.2, 0) is 11.3 Å². The van der Waals surface area contributed by atoms with Gasteiger partial charge >= 0.3 is 6.09 Å². The van der Waals surface area contributed by atoms with Crippen LogP contribution >= 0.6 is 0 Å². The minimum absolute atomic E-state index is 0.177. The van der Waals surface area contributed by atoms with Crippen molar-refractivity contribution in [1.29, 1.82) is 0 Å². The zero-order valence-electron chi connectivity index (χ0n) is 15.9. The maximum Gasteiger partial charge on any atom is 0.407 e. The molecule has 0 aromatic heterocycles. The van der Waals surface area contributed by atoms with Crippen LogP contribution in [0, 0.1) is 0 Å². The van der Waals surface area contributed by atoms with E-state index in [4.69, 9.17) is 4.74 Å². The van der Waals surface area contributed by atoms with Crippen LogP contribution < -0.4 is 5.32 Å². The Balaban J connectivity index is 1.62. The first-order valence-corrected chi connectivity index (χ1v) is 9.72. The van der Waals surface area contributed by atoms with Gasteiger partial charge in [0, 0.05) is 19.6 Å². The maximum atomic E-state index is 12.4. The summed E-state index contributed by atoms with van der Waals surface area (Å²) in [5.74, 6) is 0. The van der Waals surface area contributed by atoms with Crippen molar-refractivity contribution in [3.63, 3.8) is 0 Å². The molecule has 1 fully saturated rings. The van der Waals surface area contributed by atoms with Crippen molar-refractivity contribution in [2.45, 2.75) is 37.7 Å². The normalized spacial score (nSPS) is 17.6. The molecule has 0 saturated carbocycles. The number of hydrogen-bond donors (Lipinski definition) is 3. The Hall–Kier alpha value is -2.41. The number of alkyl carbamates (subject to hydrolysis) is 1. The lowest BCUT2D eigenvalue weighted by Crippen LogP contribution is -2.49. The Bertz CT molecular complexity index is 718. The van der Waals surface area contributed by atoms with E-state index >= 15 is 0 Å². The second-order valence-electron chi connectivity index (χ2n) is 7.20. The number of likely N-dealkylation sites (tertiary alicyclic amines) is 1. The summed E-state index contributed by atoms with van der Waals surface area (Å²) in [6.07, 6.45) is -0.269. The van der Waals surface area contributed by atoms with E-state index in [0.717, 1.165) is 24.2 Å². The molecule has 6 nitrogen and oxygen atoms in total. The number of ether oxygens (including phenoxy) is 1. The molecular formula is C22H28N2O4. The summed E-state index contributed by atoms with van der Waals surface area (Å²) >= 11 is 0. The van der Waals surface area contributed by atoms with Gasteiger partial charge in [0.15, 0.2) is 0 Å². The monoisotopic (exact) mass is 384 g/mol. The number of amides is 1. The van der Waals surface area contributed by atoms with E-state index in [1.165, 1.54) is 0 Å². The summed E-state index contributed by atoms with van der Waals surface area (Å²) in [5, 5.41) is 23.4. The summed E-state index contributed by atoms with van der Waals surface area (Å²) in [5.41, 5.74) is 1.65. The van der Waals surface area contributed by atoms with Crippen LogP contribution in [0.2, 0.25) is 0 Å². The quantitative estimate of drug-likeness (QED) is 0.683. The second-order valence-corrected chi connectivity index (χ2v) is 7.20. The fourth-order valence-corrected chi connectivity index (χ4v) is 3.40. The molecule has 2 atom stereocenters. The molecule has 1 aliphatic heterocycles. The highest BCUT2D eigenvalue weighted by Gasteiger charge is 2.27. The number of carbonyl (C=O) groups excluding carboxylic acids is 1. The van der Waals surface area contributed by atoms with Crippen LogP contribution in [0.5, 0.6) is 0 Å². The molecule has 28 heavy (non-hydrogen) atoms. The van der Waals surface area contributed by atoms with Crippen molar-refractivity contribution in [2.24, 2.45) is 0 Å². The third kappa shape index (κ3) is 6.05. The molecule has 1 saturated heterocycles. The number of carbonyl (C=O) groups is 1. The smallest absolute Gasteiger partial charge is 0.407 e. The Kier molecular flexibility index (Phi) is 7.42. The van der Waals surface area contributed by atoms with Gasteiger partial charge in [-0.2, -0.15) is 0 Å². The van der Waals surface area contributed by atoms with Crippen LogP contribution in [0.25, 0.3) is 0 Å². The summed E-state index contributed by atoms with van der Waals surface area (Å²) < 4.78 is 5.33. The molecule has 6 heteroatoms. The number of nitrogens with zero attached hydrogens (tertiary/aromatic N) is 1. The number of aliphatic hydroxyl groups excluding tert-OH is 2. The summed E-state index contributed by atoms with van der Waals surface area (Å²) in [6.45, 7) is 2.14. The SMILES string of the molecule is O=C(N[C@H](CN1CCC(O)CC1)[C@@H](O)c1ccccc1)OCc1ccccc1. The molecule has 0 unspecified atom stereocenters. The van der Waals surface area contributed by atoms with Gasteiger partial charge in [0.1, 0.15) is 12.7 Å². The largest absolute Gasteiger partial charge is 0.445 e. The molecular weight excluding hydrogens is 356 g/mol. The number of nitrogens with one attached hydrogen (secondary N) is 1. The second kappa shape index (κ2) is 10.2. The Morgan fingerprint density at radius 2 is 1.68 bits per heavy atom. The Morgan fingerprint density at radius 1 is 1.07 bits per heavy atom. The maximum absolute atomic E-state index is 12.4. The average molecular weight is 384 g/mol. The van der Waals surface area contributed by atoms with Crippen LogP contribution in [0.4, 0.5) is 4.79 Å². The molecule has 0 spiro atoms. The first-order chi connectivity index (χ1) is 13.6. The fraction of sp³-hybridized carbons (Fsp3) is 0.409. The van der Waals surface area contributed by atoms with Gasteiger partial charge in [-0.15, -0.1) is 0 Å². The third-order valence-electron chi connectivity index (χ3n) is 5.05. The standard InChI is InChI=1S/C22H28N2O4/c25-19-11-13-24(14-12-19)15-20(21(26)18-9-5-2-6-10-18)23-22(27)28-16-17-7-3-1-4-8-17/h1-10,19-21,25-26H,11-16H2,(H,23,27)/t20-,21+/m1/s1. The lowest BCUT2D eigenvalue weighted by atomic mass is 10.0. The van der Waals surface area contributed by atoms with Crippen LogP contribution in [0.15, 0.2) is 60.7 Å². The van der Waals surface area contributed by atoms with E-state index in [1.54, 1.807) is 0 Å². The van der Waals surface area contributed by atoms with Crippen molar-refractivity contribution >= 4 is 6.09 Å². The number of piperidine rings is 1. The van der Waals surface area contributed by atoms with Gasteiger partial charge in [-0.1, -0.05) is 60.7 Å². The van der Waals surface area contributed by atoms with Crippen molar-refractivity contribution < 1.29 is 19.7 Å². The molecule has 0 radical (unpaired) electrons. The highest BCUT2D eigenvalue weighted by Crippen LogP contribution is 2.19. The van der Waals surface area contributed by atoms with Gasteiger partial charge in [0.2, 0.25) is 0 Å². The van der Waals surface area contributed by atoms with Crippen LogP contribution in [0.3, 0.4) is 0 Å². The lowest BCUT2D eigenvalue weighted by molar-refractivity contribution is 0.0521. The molecule has 3 rings (SSSR count). The minimum atomic E-state index is -0.850. The molecule has 1 heterocycles. The predicted molar refractivity (Wildman–Crippen MR) is 107 cm³/mol. The molecule has 0 bridgehead atoms. The number of aliphatic hydroxyl groups is 2. The molecule has 2 aromatic rings. The number of hydrogen-bond acceptors (Lipinski definition) is 5. The lowest BCUT2D eigenvalue weighted by Gasteiger charge is -2.34. The van der Waals surface area contributed by atoms with Gasteiger partial charge in [-0.05, 0) is 24.0 Å². The van der Waals surface area contributed by atoms with E-state index in [1.807, 2.05) is 60.7 Å². The van der Waals surface area contributed by atoms with E-state index in [0.29, 0.717) is 19.4 Å². The number of rotatable bonds is 7. The molecule has 1 aliphatic rings. The first-order valence-electron chi connectivity index (χ1n) is 9.72. The Morgan fingerprint density at radius 3 is 2.32 bits per heavy atom. The summed E-state index contributed by atoms with van der Waals surface area (Å²) in [6, 6.07) is 18.3. The van der Waals surface area contributed by atoms with Gasteiger partial charge < -0.3 is 25.2 Å². The highest BCUT2D eigenvalue weighted by atomic mass is 16.5. The van der Waals surface area contributed by atoms with Gasteiger partial charge in [0.05, 0.1) is 12.1 Å². The summed E-state index contributed by atoms with van der Waals surface area (Å²) in [7, 11) is 0. The average Bonchev–Trinajstić information content (AvgIpc) is 2.74. The first kappa shape index (κ1) is 20.3. The zero-order valence-corrected chi connectivity index (χ0v) is 15.9. The topological polar surface area (TPSA) is 82.0 Å².